The maximum absolute atomic E-state index is 10.8. The number of ketones is 1. The van der Waals surface area contributed by atoms with Gasteiger partial charge in [0.1, 0.15) is 5.76 Å². The van der Waals surface area contributed by atoms with Crippen LogP contribution in [0.25, 0.3) is 0 Å². The number of carbonyl (C=O) groups excluding carboxylic acids is 1. The van der Waals surface area contributed by atoms with Gasteiger partial charge >= 0.3 is 0 Å². The van der Waals surface area contributed by atoms with E-state index in [1.165, 1.54) is 13.0 Å². The fourth-order valence-corrected chi connectivity index (χ4v) is 0.595. The Morgan fingerprint density at radius 1 is 1.58 bits per heavy atom. The molecule has 0 radical (unpaired) electrons. The highest BCUT2D eigenvalue weighted by Crippen LogP contribution is 2.08. The van der Waals surface area contributed by atoms with Gasteiger partial charge in [0.15, 0.2) is 5.78 Å². The van der Waals surface area contributed by atoms with E-state index in [0.29, 0.717) is 0 Å². The lowest BCUT2D eigenvalue weighted by atomic mass is 10.1. The van der Waals surface area contributed by atoms with Crippen molar-refractivity contribution in [2.24, 2.45) is 0 Å². The summed E-state index contributed by atoms with van der Waals surface area (Å²) in [7, 11) is 0. The minimum Gasteiger partial charge on any atom is -0.508 e. The molecule has 0 atom stereocenters. The van der Waals surface area contributed by atoms with Crippen molar-refractivity contribution in [1.82, 2.24) is 0 Å². The Morgan fingerprint density at radius 3 is 2.33 bits per heavy atom. The number of aliphatic hydroxyl groups excluding tert-OH is 1. The molecule has 1 N–H and O–H groups in total. The summed E-state index contributed by atoms with van der Waals surface area (Å²) >= 11 is 0. The van der Waals surface area contributed by atoms with Crippen LogP contribution in [0.15, 0.2) is 36.1 Å². The molecule has 0 rings (SSSR count). The Morgan fingerprint density at radius 2 is 2.08 bits per heavy atom. The second-order valence-corrected chi connectivity index (χ2v) is 2.20. The molecule has 0 aromatic carbocycles. The average Bonchev–Trinajstić information content (AvgIpc) is 1.98. The van der Waals surface area contributed by atoms with Gasteiger partial charge in [0.05, 0.1) is 11.6 Å². The molecule has 0 aliphatic heterocycles. The first-order valence-corrected chi connectivity index (χ1v) is 3.19. The maximum atomic E-state index is 10.8. The van der Waals surface area contributed by atoms with E-state index in [4.69, 9.17) is 10.4 Å². The Balaban J connectivity index is 4.90. The quantitative estimate of drug-likeness (QED) is 0.298. The lowest BCUT2D eigenvalue weighted by Gasteiger charge is -1.98. The highest BCUT2D eigenvalue weighted by Gasteiger charge is 2.06. The number of carbonyl (C=O) groups is 1. The highest BCUT2D eigenvalue weighted by atomic mass is 16.3. The molecular formula is C9H9NO2. The van der Waals surface area contributed by atoms with E-state index in [9.17, 15) is 4.79 Å². The normalized spacial score (nSPS) is 10.2. The van der Waals surface area contributed by atoms with Gasteiger partial charge in [-0.1, -0.05) is 13.2 Å². The summed E-state index contributed by atoms with van der Waals surface area (Å²) < 4.78 is 0. The second kappa shape index (κ2) is 4.14. The lowest BCUT2D eigenvalue weighted by molar-refractivity contribution is -0.113. The summed E-state index contributed by atoms with van der Waals surface area (Å²) in [4.78, 5) is 10.8. The van der Waals surface area contributed by atoms with Gasteiger partial charge in [-0.15, -0.1) is 0 Å². The summed E-state index contributed by atoms with van der Waals surface area (Å²) in [5.74, 6) is -0.696. The molecule has 0 fully saturated rings. The van der Waals surface area contributed by atoms with Gasteiger partial charge in [-0.25, -0.2) is 0 Å². The Bertz CT molecular complexity index is 289. The first kappa shape index (κ1) is 10.2. The number of nitriles is 1. The zero-order chi connectivity index (χ0) is 9.72. The molecule has 0 heterocycles. The van der Waals surface area contributed by atoms with E-state index in [2.05, 4.69) is 13.2 Å². The molecular weight excluding hydrogens is 154 g/mol. The van der Waals surface area contributed by atoms with E-state index >= 15 is 0 Å². The van der Waals surface area contributed by atoms with E-state index < -0.39 is 0 Å². The molecule has 62 valence electrons. The smallest absolute Gasteiger partial charge is 0.163 e. The fraction of sp³-hybridized carbons (Fsp3) is 0.111. The third-order valence-electron chi connectivity index (χ3n) is 1.15. The molecule has 0 aliphatic carbocycles. The first-order valence-electron chi connectivity index (χ1n) is 3.19. The molecule has 0 bridgehead atoms. The minimum absolute atomic E-state index is 0.0153. The molecule has 0 aromatic heterocycles. The van der Waals surface area contributed by atoms with Crippen LogP contribution in [-0.2, 0) is 4.79 Å². The van der Waals surface area contributed by atoms with E-state index in [-0.39, 0.29) is 22.7 Å². The number of Topliss-reactive ketones (excluding diaryl/α,β-unsaturated/α-hetero) is 1. The Labute approximate surface area is 70.9 Å². The number of hydrogen-bond acceptors (Lipinski definition) is 3. The standard InChI is InChI=1S/C9H9NO2/c1-6(5-10)4-9(7(2)11)8(3)12/h4,11H,1-2H2,3H3/b9-4+. The van der Waals surface area contributed by atoms with Crippen molar-refractivity contribution in [3.63, 3.8) is 0 Å². The van der Waals surface area contributed by atoms with Crippen LogP contribution >= 0.6 is 0 Å². The zero-order valence-corrected chi connectivity index (χ0v) is 6.79. The van der Waals surface area contributed by atoms with Crippen molar-refractivity contribution in [3.8, 4) is 6.07 Å². The Hall–Kier alpha value is -1.82. The molecule has 3 nitrogen and oxygen atoms in total. The van der Waals surface area contributed by atoms with Crippen molar-refractivity contribution in [1.29, 1.82) is 5.26 Å². The topological polar surface area (TPSA) is 61.1 Å². The summed E-state index contributed by atoms with van der Waals surface area (Å²) in [6.07, 6.45) is 1.20. The van der Waals surface area contributed by atoms with Gasteiger partial charge in [0.2, 0.25) is 0 Å². The molecule has 0 aromatic rings. The molecule has 12 heavy (non-hydrogen) atoms. The Kier molecular flexibility index (Phi) is 3.51. The predicted octanol–water partition coefficient (Wildman–Crippen LogP) is 1.65. The molecule has 0 aliphatic rings. The van der Waals surface area contributed by atoms with E-state index in [1.807, 2.05) is 0 Å². The van der Waals surface area contributed by atoms with Crippen LogP contribution in [-0.4, -0.2) is 10.9 Å². The van der Waals surface area contributed by atoms with Gasteiger partial charge in [0.25, 0.3) is 0 Å². The third-order valence-corrected chi connectivity index (χ3v) is 1.15. The zero-order valence-electron chi connectivity index (χ0n) is 6.79. The summed E-state index contributed by atoms with van der Waals surface area (Å²) in [6.45, 7) is 7.79. The fourth-order valence-electron chi connectivity index (χ4n) is 0.595. The molecule has 0 saturated heterocycles. The predicted molar refractivity (Wildman–Crippen MR) is 45.3 cm³/mol. The van der Waals surface area contributed by atoms with Crippen LogP contribution in [0.2, 0.25) is 0 Å². The van der Waals surface area contributed by atoms with Crippen molar-refractivity contribution >= 4 is 5.78 Å². The third kappa shape index (κ3) is 2.84. The van der Waals surface area contributed by atoms with Gasteiger partial charge in [-0.05, 0) is 13.0 Å². The molecule has 0 saturated carbocycles. The monoisotopic (exact) mass is 163 g/mol. The van der Waals surface area contributed by atoms with Crippen LogP contribution in [0.5, 0.6) is 0 Å². The van der Waals surface area contributed by atoms with Crippen molar-refractivity contribution in [2.45, 2.75) is 6.92 Å². The van der Waals surface area contributed by atoms with Crippen LogP contribution in [0.4, 0.5) is 0 Å². The molecule has 0 amide bonds. The van der Waals surface area contributed by atoms with Gasteiger partial charge < -0.3 is 5.11 Å². The van der Waals surface area contributed by atoms with Gasteiger partial charge in [-0.2, -0.15) is 5.26 Å². The van der Waals surface area contributed by atoms with Gasteiger partial charge in [0, 0.05) is 5.57 Å². The van der Waals surface area contributed by atoms with Crippen LogP contribution in [0, 0.1) is 11.3 Å². The highest BCUT2D eigenvalue weighted by molar-refractivity contribution is 5.97. The number of nitrogens with zero attached hydrogens (tertiary/aromatic N) is 1. The molecule has 3 heteroatoms. The van der Waals surface area contributed by atoms with Gasteiger partial charge in [-0.3, -0.25) is 4.79 Å². The van der Waals surface area contributed by atoms with Crippen LogP contribution in [0.1, 0.15) is 6.92 Å². The second-order valence-electron chi connectivity index (χ2n) is 2.20. The average molecular weight is 163 g/mol. The van der Waals surface area contributed by atoms with Crippen LogP contribution < -0.4 is 0 Å². The van der Waals surface area contributed by atoms with Crippen LogP contribution in [0.3, 0.4) is 0 Å². The summed E-state index contributed by atoms with van der Waals surface area (Å²) in [5.41, 5.74) is 0.122. The number of allylic oxidation sites excluding steroid dienone is 3. The van der Waals surface area contributed by atoms with Crippen molar-refractivity contribution in [3.05, 3.63) is 36.1 Å². The SMILES string of the molecule is C=C(C#N)/C=C(\C(=C)O)C(C)=O. The minimum atomic E-state index is -0.348. The van der Waals surface area contributed by atoms with E-state index in [1.54, 1.807) is 6.07 Å². The van der Waals surface area contributed by atoms with Crippen molar-refractivity contribution in [2.75, 3.05) is 0 Å². The van der Waals surface area contributed by atoms with E-state index in [0.717, 1.165) is 0 Å². The maximum Gasteiger partial charge on any atom is 0.163 e. The largest absolute Gasteiger partial charge is 0.508 e. The summed E-state index contributed by atoms with van der Waals surface area (Å²) in [6, 6.07) is 1.73. The summed E-state index contributed by atoms with van der Waals surface area (Å²) in [5, 5.41) is 17.2. The first-order chi connectivity index (χ1) is 5.49. The number of aliphatic hydroxyl groups is 1. The number of rotatable bonds is 3. The molecule has 0 spiro atoms. The number of hydrogen-bond donors (Lipinski definition) is 1. The lowest BCUT2D eigenvalue weighted by Crippen LogP contribution is -1.99. The van der Waals surface area contributed by atoms with Crippen molar-refractivity contribution < 1.29 is 9.90 Å². The molecule has 0 unspecified atom stereocenters.